The van der Waals surface area contributed by atoms with E-state index in [9.17, 15) is 0 Å². The fourth-order valence-corrected chi connectivity index (χ4v) is 1.74. The van der Waals surface area contributed by atoms with E-state index in [4.69, 9.17) is 19.9 Å². The zero-order valence-corrected chi connectivity index (χ0v) is 11.6. The lowest BCUT2D eigenvalue weighted by Crippen LogP contribution is -2.01. The Balaban J connectivity index is 2.05. The van der Waals surface area contributed by atoms with Gasteiger partial charge in [0.1, 0.15) is 6.61 Å². The van der Waals surface area contributed by atoms with Crippen molar-refractivity contribution in [3.63, 3.8) is 0 Å². The molecule has 1 aromatic carbocycles. The quantitative estimate of drug-likeness (QED) is 0.874. The molecule has 1 heterocycles. The van der Waals surface area contributed by atoms with Gasteiger partial charge in [-0.05, 0) is 23.8 Å². The van der Waals surface area contributed by atoms with Crippen LogP contribution in [0.2, 0.25) is 0 Å². The van der Waals surface area contributed by atoms with Crippen LogP contribution < -0.4 is 19.9 Å². The molecular weight excluding hydrogens is 256 g/mol. The van der Waals surface area contributed by atoms with Gasteiger partial charge in [0.25, 0.3) is 0 Å². The van der Waals surface area contributed by atoms with Crippen LogP contribution >= 0.6 is 0 Å². The second kappa shape index (κ2) is 6.77. The van der Waals surface area contributed by atoms with Gasteiger partial charge in [0.15, 0.2) is 11.5 Å². The third-order valence-corrected chi connectivity index (χ3v) is 2.86. The second-order valence-corrected chi connectivity index (χ2v) is 4.19. The van der Waals surface area contributed by atoms with Gasteiger partial charge in [-0.25, -0.2) is 4.98 Å². The number of hydrogen-bond donors (Lipinski definition) is 1. The van der Waals surface area contributed by atoms with Crippen molar-refractivity contribution in [1.29, 1.82) is 0 Å². The Hall–Kier alpha value is -2.27. The molecule has 0 atom stereocenters. The van der Waals surface area contributed by atoms with Crippen LogP contribution in [0.1, 0.15) is 11.1 Å². The normalized spacial score (nSPS) is 10.2. The smallest absolute Gasteiger partial charge is 0.212 e. The van der Waals surface area contributed by atoms with Crippen LogP contribution in [0, 0.1) is 0 Å². The molecule has 2 N–H and O–H groups in total. The zero-order valence-electron chi connectivity index (χ0n) is 11.6. The summed E-state index contributed by atoms with van der Waals surface area (Å²) < 4.78 is 16.0. The van der Waals surface area contributed by atoms with Crippen molar-refractivity contribution in [2.24, 2.45) is 5.73 Å². The topological polar surface area (TPSA) is 66.6 Å². The highest BCUT2D eigenvalue weighted by Crippen LogP contribution is 2.28. The summed E-state index contributed by atoms with van der Waals surface area (Å²) >= 11 is 0. The van der Waals surface area contributed by atoms with E-state index in [1.54, 1.807) is 26.5 Å². The Morgan fingerprint density at radius 3 is 2.40 bits per heavy atom. The molecule has 2 aromatic rings. The molecule has 0 aliphatic carbocycles. The Labute approximate surface area is 118 Å². The van der Waals surface area contributed by atoms with Crippen LogP contribution in [-0.2, 0) is 13.2 Å². The van der Waals surface area contributed by atoms with E-state index in [0.29, 0.717) is 30.5 Å². The first-order chi connectivity index (χ1) is 9.76. The van der Waals surface area contributed by atoms with Crippen molar-refractivity contribution in [2.75, 3.05) is 14.2 Å². The van der Waals surface area contributed by atoms with Crippen molar-refractivity contribution < 1.29 is 14.2 Å². The molecule has 106 valence electrons. The van der Waals surface area contributed by atoms with Gasteiger partial charge in [-0.15, -0.1) is 0 Å². The van der Waals surface area contributed by atoms with Gasteiger partial charge in [0.2, 0.25) is 5.88 Å². The molecule has 2 rings (SSSR count). The minimum atomic E-state index is 0.412. The lowest BCUT2D eigenvalue weighted by Gasteiger charge is -2.12. The number of ether oxygens (including phenoxy) is 3. The van der Waals surface area contributed by atoms with Crippen LogP contribution in [0.15, 0.2) is 36.5 Å². The Morgan fingerprint density at radius 2 is 1.80 bits per heavy atom. The number of rotatable bonds is 6. The van der Waals surface area contributed by atoms with Crippen LogP contribution in [0.4, 0.5) is 0 Å². The van der Waals surface area contributed by atoms with Gasteiger partial charge in [-0.3, -0.25) is 0 Å². The lowest BCUT2D eigenvalue weighted by molar-refractivity contribution is 0.283. The predicted molar refractivity (Wildman–Crippen MR) is 76.0 cm³/mol. The van der Waals surface area contributed by atoms with Crippen LogP contribution in [0.3, 0.4) is 0 Å². The minimum Gasteiger partial charge on any atom is -0.493 e. The monoisotopic (exact) mass is 274 g/mol. The molecule has 0 aliphatic heterocycles. The molecule has 0 spiro atoms. The molecule has 0 amide bonds. The Bertz CT molecular complexity index is 556. The van der Waals surface area contributed by atoms with Crippen LogP contribution in [-0.4, -0.2) is 19.2 Å². The van der Waals surface area contributed by atoms with Gasteiger partial charge in [-0.1, -0.05) is 6.07 Å². The van der Waals surface area contributed by atoms with E-state index in [1.165, 1.54) is 0 Å². The molecule has 5 heteroatoms. The first kappa shape index (κ1) is 14.1. The van der Waals surface area contributed by atoms with E-state index < -0.39 is 0 Å². The fourth-order valence-electron chi connectivity index (χ4n) is 1.74. The summed E-state index contributed by atoms with van der Waals surface area (Å²) in [7, 11) is 3.19. The molecule has 5 nitrogen and oxygen atoms in total. The largest absolute Gasteiger partial charge is 0.493 e. The fraction of sp³-hybridized carbons (Fsp3) is 0.267. The summed E-state index contributed by atoms with van der Waals surface area (Å²) in [6, 6.07) is 9.36. The standard InChI is InChI=1S/C15H18N2O3/c1-18-14-7-11(8-16)3-5-13(14)20-10-12-4-6-15(19-2)17-9-12/h3-7,9H,8,10,16H2,1-2H3. The van der Waals surface area contributed by atoms with Crippen molar-refractivity contribution in [2.45, 2.75) is 13.2 Å². The van der Waals surface area contributed by atoms with Crippen LogP contribution in [0.5, 0.6) is 17.4 Å². The Kier molecular flexibility index (Phi) is 4.79. The van der Waals surface area contributed by atoms with E-state index in [-0.39, 0.29) is 0 Å². The van der Waals surface area contributed by atoms with Crippen LogP contribution in [0.25, 0.3) is 0 Å². The minimum absolute atomic E-state index is 0.412. The van der Waals surface area contributed by atoms with Crippen molar-refractivity contribution in [1.82, 2.24) is 4.98 Å². The molecule has 0 saturated heterocycles. The van der Waals surface area contributed by atoms with Crippen molar-refractivity contribution in [3.05, 3.63) is 47.7 Å². The lowest BCUT2D eigenvalue weighted by atomic mass is 10.2. The van der Waals surface area contributed by atoms with Gasteiger partial charge in [0.05, 0.1) is 14.2 Å². The van der Waals surface area contributed by atoms with E-state index in [1.807, 2.05) is 24.3 Å². The summed E-state index contributed by atoms with van der Waals surface area (Å²) in [6.45, 7) is 0.883. The van der Waals surface area contributed by atoms with Gasteiger partial charge in [0, 0.05) is 24.4 Å². The molecule has 0 saturated carbocycles. The van der Waals surface area contributed by atoms with Crippen molar-refractivity contribution >= 4 is 0 Å². The maximum absolute atomic E-state index is 5.74. The van der Waals surface area contributed by atoms with E-state index >= 15 is 0 Å². The highest BCUT2D eigenvalue weighted by atomic mass is 16.5. The van der Waals surface area contributed by atoms with Gasteiger partial charge >= 0.3 is 0 Å². The number of benzene rings is 1. The summed E-state index contributed by atoms with van der Waals surface area (Å²) in [5.41, 5.74) is 7.55. The highest BCUT2D eigenvalue weighted by molar-refractivity contribution is 5.43. The third kappa shape index (κ3) is 3.39. The summed E-state index contributed by atoms with van der Waals surface area (Å²) in [6.07, 6.45) is 1.72. The third-order valence-electron chi connectivity index (χ3n) is 2.86. The van der Waals surface area contributed by atoms with Gasteiger partial charge in [-0.2, -0.15) is 0 Å². The number of hydrogen-bond acceptors (Lipinski definition) is 5. The maximum Gasteiger partial charge on any atom is 0.212 e. The van der Waals surface area contributed by atoms with Gasteiger partial charge < -0.3 is 19.9 Å². The molecule has 0 radical (unpaired) electrons. The number of nitrogens with two attached hydrogens (primary N) is 1. The van der Waals surface area contributed by atoms with E-state index in [2.05, 4.69) is 4.98 Å². The average Bonchev–Trinajstić information content (AvgIpc) is 2.53. The summed E-state index contributed by atoms with van der Waals surface area (Å²) in [4.78, 5) is 4.13. The molecule has 0 bridgehead atoms. The second-order valence-electron chi connectivity index (χ2n) is 4.19. The number of aromatic nitrogens is 1. The van der Waals surface area contributed by atoms with E-state index in [0.717, 1.165) is 11.1 Å². The molecule has 0 fully saturated rings. The summed E-state index contributed by atoms with van der Waals surface area (Å²) in [5, 5.41) is 0. The number of pyridine rings is 1. The molecule has 0 unspecified atom stereocenters. The van der Waals surface area contributed by atoms with Crippen molar-refractivity contribution in [3.8, 4) is 17.4 Å². The molecular formula is C15H18N2O3. The maximum atomic E-state index is 5.74. The number of nitrogens with zero attached hydrogens (tertiary/aromatic N) is 1. The average molecular weight is 274 g/mol. The highest BCUT2D eigenvalue weighted by Gasteiger charge is 2.06. The Morgan fingerprint density at radius 1 is 1.00 bits per heavy atom. The zero-order chi connectivity index (χ0) is 14.4. The summed E-state index contributed by atoms with van der Waals surface area (Å²) in [5.74, 6) is 1.94. The predicted octanol–water partition coefficient (Wildman–Crippen LogP) is 2.14. The first-order valence-electron chi connectivity index (χ1n) is 6.25. The molecule has 0 aliphatic rings. The SMILES string of the molecule is COc1ccc(COc2ccc(CN)cc2OC)cn1. The molecule has 20 heavy (non-hydrogen) atoms. The number of methoxy groups -OCH3 is 2. The first-order valence-corrected chi connectivity index (χ1v) is 6.25. The molecule has 1 aromatic heterocycles.